The van der Waals surface area contributed by atoms with Gasteiger partial charge in [-0.05, 0) is 38.5 Å². The first-order valence-corrected chi connectivity index (χ1v) is 13.2. The Labute approximate surface area is 190 Å². The maximum Gasteiger partial charge on any atom is 0.315 e. The molecule has 0 bridgehead atoms. The number of hydrogen-bond acceptors (Lipinski definition) is 5. The molecule has 4 fully saturated rings. The van der Waals surface area contributed by atoms with Crippen molar-refractivity contribution in [2.24, 2.45) is 9.98 Å². The van der Waals surface area contributed by atoms with Crippen molar-refractivity contribution in [1.29, 1.82) is 0 Å². The molecule has 0 radical (unpaired) electrons. The van der Waals surface area contributed by atoms with Gasteiger partial charge in [-0.2, -0.15) is 11.8 Å². The summed E-state index contributed by atoms with van der Waals surface area (Å²) in [6.07, 6.45) is 16.1. The van der Waals surface area contributed by atoms with Crippen LogP contribution in [0.3, 0.4) is 0 Å². The third kappa shape index (κ3) is 8.49. The first-order valence-electron chi connectivity index (χ1n) is 12.2. The molecule has 174 valence electrons. The number of amides is 2. The number of aliphatic imine (C=N–C) groups is 2. The molecule has 3 atom stereocenters. The van der Waals surface area contributed by atoms with Crippen molar-refractivity contribution in [2.45, 2.75) is 119 Å². The maximum absolute atomic E-state index is 11.1. The van der Waals surface area contributed by atoms with Crippen molar-refractivity contribution < 1.29 is 14.7 Å². The summed E-state index contributed by atoms with van der Waals surface area (Å²) in [6.45, 7) is 0. The highest BCUT2D eigenvalue weighted by Crippen LogP contribution is 2.33. The van der Waals surface area contributed by atoms with E-state index in [-0.39, 0.29) is 24.5 Å². The van der Waals surface area contributed by atoms with E-state index < -0.39 is 5.97 Å². The molecule has 3 N–H and O–H groups in total. The van der Waals surface area contributed by atoms with Crippen LogP contribution in [0.15, 0.2) is 9.98 Å². The normalized spacial score (nSPS) is 28.4. The number of carboxylic acids is 1. The molecule has 0 unspecified atom stereocenters. The summed E-state index contributed by atoms with van der Waals surface area (Å²) < 4.78 is 0. The van der Waals surface area contributed by atoms with Gasteiger partial charge >= 0.3 is 12.0 Å². The number of nitrogens with zero attached hydrogens (tertiary/aromatic N) is 2. The summed E-state index contributed by atoms with van der Waals surface area (Å²) in [5.41, 5.74) is 0. The molecule has 4 rings (SSSR count). The van der Waals surface area contributed by atoms with Crippen LogP contribution in [-0.4, -0.2) is 58.3 Å². The van der Waals surface area contributed by atoms with Crippen LogP contribution in [-0.2, 0) is 4.79 Å². The Morgan fingerprint density at radius 3 is 2.16 bits per heavy atom. The van der Waals surface area contributed by atoms with Crippen LogP contribution < -0.4 is 10.6 Å². The molecule has 2 aliphatic carbocycles. The number of carbonyl (C=O) groups excluding carboxylic acids is 1. The molecule has 0 aromatic carbocycles. The molecule has 2 aliphatic heterocycles. The summed E-state index contributed by atoms with van der Waals surface area (Å²) in [4.78, 5) is 30.4. The van der Waals surface area contributed by atoms with Gasteiger partial charge in [-0.25, -0.2) is 14.8 Å². The highest BCUT2D eigenvalue weighted by molar-refractivity contribution is 8.00. The summed E-state index contributed by atoms with van der Waals surface area (Å²) in [5, 5.41) is 14.8. The molecule has 31 heavy (non-hydrogen) atoms. The predicted octanol–water partition coefficient (Wildman–Crippen LogP) is 4.62. The Balaban J connectivity index is 0.000000176. The first kappa shape index (κ1) is 24.1. The molecule has 7 nitrogen and oxygen atoms in total. The van der Waals surface area contributed by atoms with Gasteiger partial charge in [0, 0.05) is 17.4 Å². The number of fused-ring (bicyclic) bond motifs is 1. The van der Waals surface area contributed by atoms with Crippen molar-refractivity contribution in [3.8, 4) is 0 Å². The lowest BCUT2D eigenvalue weighted by Crippen LogP contribution is -2.36. The fourth-order valence-electron chi connectivity index (χ4n) is 4.88. The highest BCUT2D eigenvalue weighted by atomic mass is 32.2. The van der Waals surface area contributed by atoms with E-state index in [1.807, 2.05) is 11.8 Å². The van der Waals surface area contributed by atoms with Crippen molar-refractivity contribution in [3.63, 3.8) is 0 Å². The van der Waals surface area contributed by atoms with Crippen LogP contribution >= 0.6 is 11.8 Å². The lowest BCUT2D eigenvalue weighted by molar-refractivity contribution is -0.137. The zero-order valence-electron chi connectivity index (χ0n) is 18.6. The number of urea groups is 1. The molecule has 2 saturated heterocycles. The Kier molecular flexibility index (Phi) is 10.2. The third-order valence-electron chi connectivity index (χ3n) is 6.70. The van der Waals surface area contributed by atoms with Crippen molar-refractivity contribution in [3.05, 3.63) is 0 Å². The molecule has 0 aromatic heterocycles. The number of unbranched alkanes of at least 4 members (excludes halogenated alkanes) is 1. The highest BCUT2D eigenvalue weighted by Gasteiger charge is 2.42. The van der Waals surface area contributed by atoms with E-state index in [1.165, 1.54) is 64.2 Å². The van der Waals surface area contributed by atoms with Crippen molar-refractivity contribution in [1.82, 2.24) is 10.6 Å². The van der Waals surface area contributed by atoms with E-state index >= 15 is 0 Å². The van der Waals surface area contributed by atoms with E-state index in [2.05, 4.69) is 26.6 Å². The van der Waals surface area contributed by atoms with E-state index in [0.717, 1.165) is 25.0 Å². The summed E-state index contributed by atoms with van der Waals surface area (Å²) in [5.74, 6) is 0.236. The molecule has 4 aliphatic rings. The predicted molar refractivity (Wildman–Crippen MR) is 125 cm³/mol. The summed E-state index contributed by atoms with van der Waals surface area (Å²) in [6, 6.07) is 4.48. The Morgan fingerprint density at radius 2 is 1.58 bits per heavy atom. The summed E-state index contributed by atoms with van der Waals surface area (Å²) in [7, 11) is 0. The van der Waals surface area contributed by atoms with Crippen LogP contribution in [0.4, 0.5) is 4.79 Å². The second-order valence-electron chi connectivity index (χ2n) is 9.20. The minimum Gasteiger partial charge on any atom is -0.481 e. The minimum atomic E-state index is -0.729. The monoisotopic (exact) mass is 450 g/mol. The number of rotatable bonds is 7. The number of aliphatic carboxylic acids is 1. The van der Waals surface area contributed by atoms with Gasteiger partial charge in [-0.3, -0.25) is 4.79 Å². The zero-order valence-corrected chi connectivity index (χ0v) is 19.4. The second-order valence-corrected chi connectivity index (χ2v) is 10.5. The van der Waals surface area contributed by atoms with Crippen LogP contribution in [0.5, 0.6) is 0 Å². The average molecular weight is 451 g/mol. The van der Waals surface area contributed by atoms with Gasteiger partial charge in [0.2, 0.25) is 0 Å². The Bertz CT molecular complexity index is 619. The van der Waals surface area contributed by atoms with Gasteiger partial charge < -0.3 is 15.7 Å². The van der Waals surface area contributed by atoms with Gasteiger partial charge in [0.15, 0.2) is 0 Å². The lowest BCUT2D eigenvalue weighted by Gasteiger charge is -2.17. The zero-order chi connectivity index (χ0) is 21.9. The van der Waals surface area contributed by atoms with Gasteiger partial charge in [0.1, 0.15) is 0 Å². The Hall–Kier alpha value is -1.53. The van der Waals surface area contributed by atoms with Crippen molar-refractivity contribution in [2.75, 3.05) is 5.75 Å². The standard InChI is InChI=1S/C13H22N2.C10H16N2O3S/c1-3-7-12(8-4-1)14-11-15-13-9-5-2-6-10-13;13-8(14)4-2-1-3-7-9-6(5-16-7)11-10(15)12-9/h12-13H,1-10H2;6-7,9H,1-5H2,(H,13,14)(H2,11,12,15)/t;6-,7-,9-/m.0/s1. The Morgan fingerprint density at radius 1 is 0.968 bits per heavy atom. The minimum absolute atomic E-state index is 0.0640. The van der Waals surface area contributed by atoms with Gasteiger partial charge in [-0.15, -0.1) is 0 Å². The number of hydrogen-bond donors (Lipinski definition) is 3. The fraction of sp³-hybridized carbons (Fsp3) is 0.870. The second kappa shape index (κ2) is 13.1. The maximum atomic E-state index is 11.1. The van der Waals surface area contributed by atoms with E-state index in [4.69, 9.17) is 5.11 Å². The van der Waals surface area contributed by atoms with E-state index in [1.54, 1.807) is 0 Å². The molecular formula is C23H38N4O3S. The molecule has 2 amide bonds. The largest absolute Gasteiger partial charge is 0.481 e. The third-order valence-corrected chi connectivity index (χ3v) is 8.21. The SMILES string of the molecule is C(=NC1CCCCC1)=NC1CCCCC1.O=C(O)CCCC[C@@H]1SC[C@@H]2NC(=O)N[C@@H]21. The molecule has 2 heterocycles. The van der Waals surface area contributed by atoms with Crippen LogP contribution in [0.25, 0.3) is 0 Å². The van der Waals surface area contributed by atoms with E-state index in [9.17, 15) is 9.59 Å². The van der Waals surface area contributed by atoms with Crippen molar-refractivity contribution >= 4 is 29.8 Å². The molecular weight excluding hydrogens is 412 g/mol. The van der Waals surface area contributed by atoms with Crippen LogP contribution in [0.1, 0.15) is 89.9 Å². The lowest BCUT2D eigenvalue weighted by atomic mass is 9.96. The number of thioether (sulfide) groups is 1. The topological polar surface area (TPSA) is 103 Å². The smallest absolute Gasteiger partial charge is 0.315 e. The van der Waals surface area contributed by atoms with E-state index in [0.29, 0.717) is 17.3 Å². The average Bonchev–Trinajstić information content (AvgIpc) is 3.32. The molecule has 0 aromatic rings. The molecule has 2 saturated carbocycles. The molecule has 8 heteroatoms. The number of carbonyl (C=O) groups is 2. The quantitative estimate of drug-likeness (QED) is 0.299. The summed E-state index contributed by atoms with van der Waals surface area (Å²) >= 11 is 1.87. The molecule has 0 spiro atoms. The number of nitrogens with one attached hydrogen (secondary N) is 2. The van der Waals surface area contributed by atoms with Gasteiger partial charge in [0.05, 0.1) is 30.2 Å². The van der Waals surface area contributed by atoms with Gasteiger partial charge in [-0.1, -0.05) is 44.9 Å². The number of carboxylic acid groups (broad SMARTS) is 1. The van der Waals surface area contributed by atoms with Crippen LogP contribution in [0, 0.1) is 0 Å². The van der Waals surface area contributed by atoms with Gasteiger partial charge in [0.25, 0.3) is 0 Å². The van der Waals surface area contributed by atoms with Crippen LogP contribution in [0.2, 0.25) is 0 Å². The fourth-order valence-corrected chi connectivity index (χ4v) is 6.43. The first-order chi connectivity index (χ1) is 15.1.